The van der Waals surface area contributed by atoms with Gasteiger partial charge < -0.3 is 14.5 Å². The van der Waals surface area contributed by atoms with Crippen LogP contribution >= 0.6 is 0 Å². The Kier molecular flexibility index (Phi) is 3.48. The molecule has 3 rings (SSSR count). The van der Waals surface area contributed by atoms with Gasteiger partial charge in [-0.2, -0.15) is 0 Å². The zero-order valence-electron chi connectivity index (χ0n) is 11.8. The maximum absolute atomic E-state index is 5.24. The van der Waals surface area contributed by atoms with E-state index in [2.05, 4.69) is 21.8 Å². The molecule has 104 valence electrons. The Hall–Kier alpha value is -2.93. The maximum atomic E-state index is 5.24. The van der Waals surface area contributed by atoms with Crippen LogP contribution in [-0.2, 0) is 0 Å². The van der Waals surface area contributed by atoms with Gasteiger partial charge in [-0.15, -0.1) is 0 Å². The maximum Gasteiger partial charge on any atom is 0.138 e. The van der Waals surface area contributed by atoms with Gasteiger partial charge in [0.2, 0.25) is 0 Å². The number of aromatic amines is 1. The van der Waals surface area contributed by atoms with E-state index in [1.807, 2.05) is 36.5 Å². The summed E-state index contributed by atoms with van der Waals surface area (Å²) in [6.45, 7) is 0. The molecule has 4 nitrogen and oxygen atoms in total. The summed E-state index contributed by atoms with van der Waals surface area (Å²) in [7, 11) is 3.25. The topological polar surface area (TPSA) is 47.1 Å². The number of hydrogen-bond acceptors (Lipinski definition) is 3. The quantitative estimate of drug-likeness (QED) is 0.733. The van der Waals surface area contributed by atoms with Gasteiger partial charge in [0.25, 0.3) is 0 Å². The standard InChI is InChI=1S/C17H14N2O2/c1-20-14-9-12(10-15(11-14)21-2)3-4-13-5-7-18-17-16(13)6-8-19-17/h5-11H,1-2H3,(H,18,19). The largest absolute Gasteiger partial charge is 0.497 e. The van der Waals surface area contributed by atoms with Crippen LogP contribution in [0, 0.1) is 11.8 Å². The van der Waals surface area contributed by atoms with Gasteiger partial charge in [-0.05, 0) is 24.3 Å². The lowest BCUT2D eigenvalue weighted by molar-refractivity contribution is 0.394. The Morgan fingerprint density at radius 2 is 1.76 bits per heavy atom. The lowest BCUT2D eigenvalue weighted by Crippen LogP contribution is -1.88. The summed E-state index contributed by atoms with van der Waals surface area (Å²) in [5.74, 6) is 7.76. The number of fused-ring (bicyclic) bond motifs is 1. The van der Waals surface area contributed by atoms with Crippen molar-refractivity contribution in [3.05, 3.63) is 53.9 Å². The predicted octanol–water partition coefficient (Wildman–Crippen LogP) is 2.98. The second kappa shape index (κ2) is 5.59. The Bertz CT molecular complexity index is 818. The molecule has 0 radical (unpaired) electrons. The number of benzene rings is 1. The van der Waals surface area contributed by atoms with Crippen molar-refractivity contribution in [2.24, 2.45) is 0 Å². The average molecular weight is 278 g/mol. The van der Waals surface area contributed by atoms with Gasteiger partial charge in [-0.25, -0.2) is 4.98 Å². The molecule has 0 bridgehead atoms. The average Bonchev–Trinajstić information content (AvgIpc) is 3.01. The van der Waals surface area contributed by atoms with Crippen molar-refractivity contribution >= 4 is 11.0 Å². The highest BCUT2D eigenvalue weighted by atomic mass is 16.5. The third-order valence-electron chi connectivity index (χ3n) is 3.15. The first kappa shape index (κ1) is 13.1. The summed E-state index contributed by atoms with van der Waals surface area (Å²) < 4.78 is 10.5. The molecule has 0 atom stereocenters. The molecular formula is C17H14N2O2. The van der Waals surface area contributed by atoms with Gasteiger partial charge in [-0.3, -0.25) is 0 Å². The number of hydrogen-bond donors (Lipinski definition) is 1. The lowest BCUT2D eigenvalue weighted by atomic mass is 10.1. The van der Waals surface area contributed by atoms with Crippen molar-refractivity contribution in [1.29, 1.82) is 0 Å². The first-order valence-corrected chi connectivity index (χ1v) is 6.47. The summed E-state index contributed by atoms with van der Waals surface area (Å²) in [5.41, 5.74) is 2.61. The molecular weight excluding hydrogens is 264 g/mol. The highest BCUT2D eigenvalue weighted by molar-refractivity contribution is 5.82. The lowest BCUT2D eigenvalue weighted by Gasteiger charge is -2.04. The van der Waals surface area contributed by atoms with Crippen LogP contribution in [0.15, 0.2) is 42.7 Å². The minimum Gasteiger partial charge on any atom is -0.497 e. The number of nitrogens with zero attached hydrogens (tertiary/aromatic N) is 1. The van der Waals surface area contributed by atoms with E-state index in [0.717, 1.165) is 33.7 Å². The summed E-state index contributed by atoms with van der Waals surface area (Å²) in [6.07, 6.45) is 3.60. The molecule has 0 aliphatic rings. The van der Waals surface area contributed by atoms with Gasteiger partial charge in [0.15, 0.2) is 0 Å². The first-order chi connectivity index (χ1) is 10.3. The number of methoxy groups -OCH3 is 2. The van der Waals surface area contributed by atoms with Crippen molar-refractivity contribution < 1.29 is 9.47 Å². The van der Waals surface area contributed by atoms with Crippen LogP contribution in [0.5, 0.6) is 11.5 Å². The summed E-state index contributed by atoms with van der Waals surface area (Å²) >= 11 is 0. The van der Waals surface area contributed by atoms with Crippen molar-refractivity contribution in [1.82, 2.24) is 9.97 Å². The Morgan fingerprint density at radius 3 is 2.48 bits per heavy atom. The van der Waals surface area contributed by atoms with Crippen LogP contribution in [0.25, 0.3) is 11.0 Å². The molecule has 2 aromatic heterocycles. The highest BCUT2D eigenvalue weighted by Gasteiger charge is 2.01. The van der Waals surface area contributed by atoms with E-state index in [4.69, 9.17) is 9.47 Å². The predicted molar refractivity (Wildman–Crippen MR) is 81.6 cm³/mol. The first-order valence-electron chi connectivity index (χ1n) is 6.47. The smallest absolute Gasteiger partial charge is 0.138 e. The molecule has 0 aliphatic carbocycles. The molecule has 0 spiro atoms. The number of H-pyrrole nitrogens is 1. The Labute approximate surface area is 122 Å². The number of aromatic nitrogens is 2. The van der Waals surface area contributed by atoms with Crippen LogP contribution in [0.1, 0.15) is 11.1 Å². The van der Waals surface area contributed by atoms with Crippen molar-refractivity contribution in [2.45, 2.75) is 0 Å². The molecule has 21 heavy (non-hydrogen) atoms. The molecule has 0 saturated heterocycles. The SMILES string of the molecule is COc1cc(C#Cc2ccnc3[nH]ccc23)cc(OC)c1. The molecule has 4 heteroatoms. The van der Waals surface area contributed by atoms with Crippen LogP contribution in [-0.4, -0.2) is 24.2 Å². The normalized spacial score (nSPS) is 10.0. The van der Waals surface area contributed by atoms with Gasteiger partial charge in [0, 0.05) is 35.0 Å². The Morgan fingerprint density at radius 1 is 1.00 bits per heavy atom. The molecule has 0 amide bonds. The number of nitrogens with one attached hydrogen (secondary N) is 1. The fraction of sp³-hybridized carbons (Fsp3) is 0.118. The second-order valence-electron chi connectivity index (χ2n) is 4.45. The fourth-order valence-corrected chi connectivity index (χ4v) is 2.09. The summed E-state index contributed by atoms with van der Waals surface area (Å²) in [5, 5.41) is 1.01. The highest BCUT2D eigenvalue weighted by Crippen LogP contribution is 2.22. The zero-order valence-corrected chi connectivity index (χ0v) is 11.8. The van der Waals surface area contributed by atoms with Crippen LogP contribution in [0.3, 0.4) is 0 Å². The Balaban J connectivity index is 2.03. The van der Waals surface area contributed by atoms with Crippen LogP contribution in [0.2, 0.25) is 0 Å². The van der Waals surface area contributed by atoms with Gasteiger partial charge in [0.05, 0.1) is 14.2 Å². The van der Waals surface area contributed by atoms with E-state index in [9.17, 15) is 0 Å². The van der Waals surface area contributed by atoms with Crippen molar-refractivity contribution in [3.8, 4) is 23.3 Å². The molecule has 0 aliphatic heterocycles. The van der Waals surface area contributed by atoms with Gasteiger partial charge >= 0.3 is 0 Å². The number of rotatable bonds is 2. The minimum atomic E-state index is 0.722. The van der Waals surface area contributed by atoms with Crippen molar-refractivity contribution in [2.75, 3.05) is 14.2 Å². The van der Waals surface area contributed by atoms with Gasteiger partial charge in [0.1, 0.15) is 17.1 Å². The zero-order chi connectivity index (χ0) is 14.7. The molecule has 1 aromatic carbocycles. The van der Waals surface area contributed by atoms with Crippen LogP contribution < -0.4 is 9.47 Å². The van der Waals surface area contributed by atoms with E-state index in [1.165, 1.54) is 0 Å². The van der Waals surface area contributed by atoms with E-state index in [0.29, 0.717) is 0 Å². The van der Waals surface area contributed by atoms with Gasteiger partial charge in [-0.1, -0.05) is 11.8 Å². The molecule has 0 unspecified atom stereocenters. The number of ether oxygens (including phenoxy) is 2. The van der Waals surface area contributed by atoms with E-state index < -0.39 is 0 Å². The van der Waals surface area contributed by atoms with Crippen LogP contribution in [0.4, 0.5) is 0 Å². The molecule has 1 N–H and O–H groups in total. The second-order valence-corrected chi connectivity index (χ2v) is 4.45. The molecule has 2 heterocycles. The molecule has 0 saturated carbocycles. The third kappa shape index (κ3) is 2.67. The van der Waals surface area contributed by atoms with E-state index in [-0.39, 0.29) is 0 Å². The minimum absolute atomic E-state index is 0.722. The monoisotopic (exact) mass is 278 g/mol. The molecule has 0 fully saturated rings. The summed E-state index contributed by atoms with van der Waals surface area (Å²) in [4.78, 5) is 7.32. The molecule has 3 aromatic rings. The number of pyridine rings is 1. The third-order valence-corrected chi connectivity index (χ3v) is 3.15. The van der Waals surface area contributed by atoms with E-state index >= 15 is 0 Å². The fourth-order valence-electron chi connectivity index (χ4n) is 2.09. The van der Waals surface area contributed by atoms with Crippen molar-refractivity contribution in [3.63, 3.8) is 0 Å². The van der Waals surface area contributed by atoms with E-state index in [1.54, 1.807) is 20.4 Å². The summed E-state index contributed by atoms with van der Waals surface area (Å²) in [6, 6.07) is 9.46.